The number of para-hydroxylation sites is 1. The van der Waals surface area contributed by atoms with Crippen molar-refractivity contribution >= 4 is 35.1 Å². The lowest BCUT2D eigenvalue weighted by atomic mass is 9.94. The third-order valence-electron chi connectivity index (χ3n) is 8.65. The predicted molar refractivity (Wildman–Crippen MR) is 191 cm³/mol. The smallest absolute Gasteiger partial charge is 0.139 e. The average Bonchev–Trinajstić information content (AvgIpc) is 3.42. The Labute approximate surface area is 259 Å². The summed E-state index contributed by atoms with van der Waals surface area (Å²) in [5.41, 5.74) is 14.6. The van der Waals surface area contributed by atoms with E-state index in [1.54, 1.807) is 0 Å². The summed E-state index contributed by atoms with van der Waals surface area (Å²) in [6.07, 6.45) is 0. The monoisotopic (exact) mass is 559 g/mol. The van der Waals surface area contributed by atoms with Crippen molar-refractivity contribution in [3.05, 3.63) is 170 Å². The Morgan fingerprint density at radius 1 is 0.318 bits per heavy atom. The van der Waals surface area contributed by atoms with Crippen LogP contribution in [0.4, 0.5) is 0 Å². The highest BCUT2D eigenvalue weighted by Crippen LogP contribution is 2.36. The third kappa shape index (κ3) is 4.71. The molecule has 0 radical (unpaired) electrons. The Kier molecular flexibility index (Phi) is 6.46. The zero-order valence-corrected chi connectivity index (χ0v) is 24.6. The number of benzene rings is 7. The molecule has 206 valence electrons. The second-order valence-corrected chi connectivity index (χ2v) is 11.5. The summed E-state index contributed by atoms with van der Waals surface area (Å²) in [5, 5.41) is 2.56. The van der Waals surface area contributed by atoms with Crippen LogP contribution in [0.25, 0.3) is 72.0 Å². The molecule has 0 aliphatic rings. The standard InChI is InChI=1S/C42H30BN/c43-37-23-24-42-40(28-37)39-13-7-8-14-41(39)44(42)38-26-35(33-19-15-31(16-20-33)29-9-3-1-4-10-29)25-36(27-38)34-21-17-32(18-22-34)30-11-5-2-6-12-30/h1-28H,43H2. The maximum Gasteiger partial charge on any atom is 0.139 e. The van der Waals surface area contributed by atoms with Gasteiger partial charge in [0, 0.05) is 16.5 Å². The van der Waals surface area contributed by atoms with E-state index in [0.717, 1.165) is 5.69 Å². The van der Waals surface area contributed by atoms with Gasteiger partial charge in [0.1, 0.15) is 7.85 Å². The van der Waals surface area contributed by atoms with Crippen LogP contribution >= 0.6 is 0 Å². The number of hydrogen-bond acceptors (Lipinski definition) is 0. The summed E-state index contributed by atoms with van der Waals surface area (Å²) >= 11 is 0. The molecule has 1 nitrogen and oxygen atoms in total. The molecular formula is C42H30BN. The molecule has 0 aliphatic heterocycles. The topological polar surface area (TPSA) is 4.93 Å². The minimum Gasteiger partial charge on any atom is -0.309 e. The molecule has 0 N–H and O–H groups in total. The van der Waals surface area contributed by atoms with E-state index in [0.29, 0.717) is 0 Å². The predicted octanol–water partition coefficient (Wildman–Crippen LogP) is 9.71. The number of rotatable bonds is 5. The molecule has 1 heterocycles. The van der Waals surface area contributed by atoms with Crippen molar-refractivity contribution in [3.63, 3.8) is 0 Å². The van der Waals surface area contributed by atoms with Crippen LogP contribution in [-0.2, 0) is 0 Å². The van der Waals surface area contributed by atoms with Gasteiger partial charge in [-0.3, -0.25) is 0 Å². The van der Waals surface area contributed by atoms with Crippen LogP contribution in [-0.4, -0.2) is 12.4 Å². The molecule has 0 aliphatic carbocycles. The SMILES string of the molecule is Bc1ccc2c(c1)c1ccccc1n2-c1cc(-c2ccc(-c3ccccc3)cc2)cc(-c2ccc(-c3ccccc3)cc2)c1. The quantitative estimate of drug-likeness (QED) is 0.185. The second kappa shape index (κ2) is 10.9. The van der Waals surface area contributed by atoms with Gasteiger partial charge in [0.05, 0.1) is 11.0 Å². The van der Waals surface area contributed by atoms with Crippen molar-refractivity contribution in [3.8, 4) is 50.2 Å². The second-order valence-electron chi connectivity index (χ2n) is 11.5. The van der Waals surface area contributed by atoms with Gasteiger partial charge in [0.25, 0.3) is 0 Å². The summed E-state index contributed by atoms with van der Waals surface area (Å²) in [6, 6.07) is 61.6. The van der Waals surface area contributed by atoms with Crippen LogP contribution in [0.2, 0.25) is 0 Å². The normalized spacial score (nSPS) is 11.3. The summed E-state index contributed by atoms with van der Waals surface area (Å²) in [4.78, 5) is 0. The zero-order chi connectivity index (χ0) is 29.5. The van der Waals surface area contributed by atoms with Crippen LogP contribution < -0.4 is 5.46 Å². The van der Waals surface area contributed by atoms with Gasteiger partial charge in [-0.15, -0.1) is 0 Å². The fraction of sp³-hybridized carbons (Fsp3) is 0. The van der Waals surface area contributed by atoms with Gasteiger partial charge in [-0.1, -0.05) is 145 Å². The number of fused-ring (bicyclic) bond motifs is 3. The highest BCUT2D eigenvalue weighted by Gasteiger charge is 2.15. The first-order chi connectivity index (χ1) is 21.7. The van der Waals surface area contributed by atoms with Crippen molar-refractivity contribution in [2.45, 2.75) is 0 Å². The average molecular weight is 560 g/mol. The Morgan fingerprint density at radius 2 is 0.750 bits per heavy atom. The van der Waals surface area contributed by atoms with Crippen LogP contribution in [0.3, 0.4) is 0 Å². The first-order valence-electron chi connectivity index (χ1n) is 15.2. The lowest BCUT2D eigenvalue weighted by Crippen LogP contribution is -2.01. The maximum atomic E-state index is 2.42. The van der Waals surface area contributed by atoms with Crippen LogP contribution in [0.1, 0.15) is 0 Å². The third-order valence-corrected chi connectivity index (χ3v) is 8.65. The largest absolute Gasteiger partial charge is 0.309 e. The van der Waals surface area contributed by atoms with Gasteiger partial charge >= 0.3 is 0 Å². The lowest BCUT2D eigenvalue weighted by Gasteiger charge is -2.15. The minimum atomic E-state index is 1.16. The van der Waals surface area contributed by atoms with Crippen LogP contribution in [0.15, 0.2) is 170 Å². The zero-order valence-electron chi connectivity index (χ0n) is 24.6. The Morgan fingerprint density at radius 3 is 1.30 bits per heavy atom. The fourth-order valence-electron chi connectivity index (χ4n) is 6.41. The van der Waals surface area contributed by atoms with Gasteiger partial charge in [-0.05, 0) is 74.8 Å². The molecule has 2 heteroatoms. The van der Waals surface area contributed by atoms with Crippen LogP contribution in [0, 0.1) is 0 Å². The summed E-state index contributed by atoms with van der Waals surface area (Å²) in [7, 11) is 2.17. The molecule has 1 aromatic heterocycles. The Hall–Kier alpha value is -5.60. The molecule has 0 spiro atoms. The first kappa shape index (κ1) is 26.1. The van der Waals surface area contributed by atoms with Gasteiger partial charge in [-0.2, -0.15) is 0 Å². The first-order valence-corrected chi connectivity index (χ1v) is 15.2. The molecule has 0 unspecified atom stereocenters. The highest BCUT2D eigenvalue weighted by atomic mass is 15.0. The maximum absolute atomic E-state index is 2.42. The molecule has 8 aromatic rings. The minimum absolute atomic E-state index is 1.16. The van der Waals surface area contributed by atoms with Crippen molar-refractivity contribution in [1.82, 2.24) is 4.57 Å². The van der Waals surface area contributed by atoms with Gasteiger partial charge < -0.3 is 4.57 Å². The number of hydrogen-bond donors (Lipinski definition) is 0. The van der Waals surface area contributed by atoms with E-state index in [1.807, 2.05) is 0 Å². The molecule has 8 rings (SSSR count). The molecule has 0 atom stereocenters. The lowest BCUT2D eigenvalue weighted by molar-refractivity contribution is 1.18. The van der Waals surface area contributed by atoms with E-state index in [9.17, 15) is 0 Å². The molecule has 0 bridgehead atoms. The molecule has 0 saturated heterocycles. The van der Waals surface area contributed by atoms with E-state index in [1.165, 1.54) is 71.8 Å². The fourth-order valence-corrected chi connectivity index (χ4v) is 6.41. The summed E-state index contributed by atoms with van der Waals surface area (Å²) in [6.45, 7) is 0. The van der Waals surface area contributed by atoms with Crippen molar-refractivity contribution in [1.29, 1.82) is 0 Å². The van der Waals surface area contributed by atoms with Gasteiger partial charge in [0.15, 0.2) is 0 Å². The van der Waals surface area contributed by atoms with E-state index < -0.39 is 0 Å². The van der Waals surface area contributed by atoms with Crippen molar-refractivity contribution in [2.24, 2.45) is 0 Å². The molecular weight excluding hydrogens is 529 g/mol. The molecule has 7 aromatic carbocycles. The molecule has 0 amide bonds. The van der Waals surface area contributed by atoms with Gasteiger partial charge in [-0.25, -0.2) is 0 Å². The van der Waals surface area contributed by atoms with Crippen molar-refractivity contribution < 1.29 is 0 Å². The summed E-state index contributed by atoms with van der Waals surface area (Å²) < 4.78 is 2.42. The number of nitrogens with zero attached hydrogens (tertiary/aromatic N) is 1. The van der Waals surface area contributed by atoms with E-state index in [4.69, 9.17) is 0 Å². The van der Waals surface area contributed by atoms with E-state index in [-0.39, 0.29) is 0 Å². The van der Waals surface area contributed by atoms with Crippen molar-refractivity contribution in [2.75, 3.05) is 0 Å². The Balaban J connectivity index is 1.31. The molecule has 0 fully saturated rings. The molecule has 0 saturated carbocycles. The highest BCUT2D eigenvalue weighted by molar-refractivity contribution is 6.34. The van der Waals surface area contributed by atoms with Crippen LogP contribution in [0.5, 0.6) is 0 Å². The number of aromatic nitrogens is 1. The summed E-state index contributed by atoms with van der Waals surface area (Å²) in [5.74, 6) is 0. The molecule has 44 heavy (non-hydrogen) atoms. The van der Waals surface area contributed by atoms with E-state index in [2.05, 4.69) is 182 Å². The van der Waals surface area contributed by atoms with Gasteiger partial charge in [0.2, 0.25) is 0 Å². The van der Waals surface area contributed by atoms with E-state index >= 15 is 0 Å². The Bertz CT molecular complexity index is 2140.